The smallest absolute Gasteiger partial charge is 0.132 e. The molecule has 0 aliphatic carbocycles. The average molecular weight is 308 g/mol. The quantitative estimate of drug-likeness (QED) is 0.856. The highest BCUT2D eigenvalue weighted by Gasteiger charge is 2.10. The van der Waals surface area contributed by atoms with Crippen LogP contribution in [0.5, 0.6) is 11.5 Å². The molecule has 0 heterocycles. The van der Waals surface area contributed by atoms with Gasteiger partial charge >= 0.3 is 0 Å². The molecule has 2 nitrogen and oxygen atoms in total. The fourth-order valence-electron chi connectivity index (χ4n) is 1.98. The molecule has 0 saturated heterocycles. The van der Waals surface area contributed by atoms with Gasteiger partial charge in [0.25, 0.3) is 0 Å². The van der Waals surface area contributed by atoms with Gasteiger partial charge in [-0.25, -0.2) is 4.39 Å². The molecule has 1 unspecified atom stereocenters. The molecular weight excluding hydrogens is 289 g/mol. The van der Waals surface area contributed by atoms with Gasteiger partial charge in [0.1, 0.15) is 17.3 Å². The lowest BCUT2D eigenvalue weighted by Gasteiger charge is -2.15. The predicted octanol–water partition coefficient (Wildman–Crippen LogP) is 4.86. The van der Waals surface area contributed by atoms with Crippen molar-refractivity contribution in [1.82, 2.24) is 0 Å². The third-order valence-electron chi connectivity index (χ3n) is 3.41. The van der Waals surface area contributed by atoms with Crippen LogP contribution in [0.15, 0.2) is 36.4 Å². The Hall–Kier alpha value is -1.58. The van der Waals surface area contributed by atoms with Gasteiger partial charge in [-0.05, 0) is 49.1 Å². The van der Waals surface area contributed by atoms with Crippen LogP contribution >= 0.6 is 11.6 Å². The maximum absolute atomic E-state index is 13.6. The SMILES string of the molecule is CCC(N)Cc1ccc(Cl)cc1Oc1ccc(C)c(F)c1. The number of halogens is 2. The van der Waals surface area contributed by atoms with Crippen molar-refractivity contribution in [2.75, 3.05) is 0 Å². The van der Waals surface area contributed by atoms with Gasteiger partial charge in [-0.15, -0.1) is 0 Å². The minimum atomic E-state index is -0.290. The fourth-order valence-corrected chi connectivity index (χ4v) is 2.14. The molecule has 4 heteroatoms. The molecule has 0 saturated carbocycles. The zero-order chi connectivity index (χ0) is 15.4. The average Bonchev–Trinajstić information content (AvgIpc) is 2.45. The first-order chi connectivity index (χ1) is 9.99. The van der Waals surface area contributed by atoms with Crippen molar-refractivity contribution >= 4 is 11.6 Å². The van der Waals surface area contributed by atoms with E-state index in [0.29, 0.717) is 28.5 Å². The van der Waals surface area contributed by atoms with E-state index < -0.39 is 0 Å². The fraction of sp³-hybridized carbons (Fsp3) is 0.294. The van der Waals surface area contributed by atoms with Crippen LogP contribution in [0.2, 0.25) is 5.02 Å². The van der Waals surface area contributed by atoms with Crippen LogP contribution in [0, 0.1) is 12.7 Å². The summed E-state index contributed by atoms with van der Waals surface area (Å²) in [5, 5.41) is 0.575. The molecule has 2 rings (SSSR count). The van der Waals surface area contributed by atoms with E-state index in [-0.39, 0.29) is 11.9 Å². The summed E-state index contributed by atoms with van der Waals surface area (Å²) in [5.74, 6) is 0.780. The summed E-state index contributed by atoms with van der Waals surface area (Å²) in [7, 11) is 0. The van der Waals surface area contributed by atoms with Crippen molar-refractivity contribution in [3.05, 3.63) is 58.4 Å². The third-order valence-corrected chi connectivity index (χ3v) is 3.64. The van der Waals surface area contributed by atoms with Gasteiger partial charge in [0.05, 0.1) is 0 Å². The molecule has 0 spiro atoms. The van der Waals surface area contributed by atoms with Crippen LogP contribution in [0.1, 0.15) is 24.5 Å². The first kappa shape index (κ1) is 15.8. The number of aryl methyl sites for hydroxylation is 1. The summed E-state index contributed by atoms with van der Waals surface area (Å²) in [6.07, 6.45) is 1.57. The summed E-state index contributed by atoms with van der Waals surface area (Å²) >= 11 is 6.02. The predicted molar refractivity (Wildman–Crippen MR) is 84.6 cm³/mol. The Bertz CT molecular complexity index is 630. The molecular formula is C17H19ClFNO. The Kier molecular flexibility index (Phi) is 5.21. The molecule has 0 radical (unpaired) electrons. The van der Waals surface area contributed by atoms with E-state index in [4.69, 9.17) is 22.1 Å². The Balaban J connectivity index is 2.28. The summed E-state index contributed by atoms with van der Waals surface area (Å²) in [6.45, 7) is 3.75. The molecule has 112 valence electrons. The Morgan fingerprint density at radius 1 is 1.24 bits per heavy atom. The van der Waals surface area contributed by atoms with E-state index in [2.05, 4.69) is 0 Å². The molecule has 0 aliphatic rings. The molecule has 2 N–H and O–H groups in total. The minimum absolute atomic E-state index is 0.0586. The zero-order valence-corrected chi connectivity index (χ0v) is 13.0. The molecule has 2 aromatic carbocycles. The van der Waals surface area contributed by atoms with Crippen molar-refractivity contribution in [2.24, 2.45) is 5.73 Å². The second kappa shape index (κ2) is 6.92. The van der Waals surface area contributed by atoms with Crippen LogP contribution in [0.3, 0.4) is 0 Å². The number of hydrogen-bond acceptors (Lipinski definition) is 2. The van der Waals surface area contributed by atoms with Crippen molar-refractivity contribution in [2.45, 2.75) is 32.7 Å². The molecule has 0 amide bonds. The second-order valence-corrected chi connectivity index (χ2v) is 5.57. The van der Waals surface area contributed by atoms with Crippen molar-refractivity contribution in [3.8, 4) is 11.5 Å². The first-order valence-electron chi connectivity index (χ1n) is 6.97. The van der Waals surface area contributed by atoms with Crippen LogP contribution in [-0.4, -0.2) is 6.04 Å². The number of rotatable bonds is 5. The zero-order valence-electron chi connectivity index (χ0n) is 12.2. The number of benzene rings is 2. The highest BCUT2D eigenvalue weighted by Crippen LogP contribution is 2.30. The van der Waals surface area contributed by atoms with Gasteiger partial charge in [0, 0.05) is 17.1 Å². The highest BCUT2D eigenvalue weighted by atomic mass is 35.5. The molecule has 0 bridgehead atoms. The van der Waals surface area contributed by atoms with Gasteiger partial charge in [0.2, 0.25) is 0 Å². The monoisotopic (exact) mass is 307 g/mol. The van der Waals surface area contributed by atoms with Crippen LogP contribution in [0.25, 0.3) is 0 Å². The van der Waals surface area contributed by atoms with Gasteiger partial charge in [-0.2, -0.15) is 0 Å². The molecule has 2 aromatic rings. The van der Waals surface area contributed by atoms with Crippen molar-refractivity contribution in [3.63, 3.8) is 0 Å². The third kappa shape index (κ3) is 4.19. The van der Waals surface area contributed by atoms with Crippen molar-refractivity contribution < 1.29 is 9.13 Å². The molecule has 0 fully saturated rings. The van der Waals surface area contributed by atoms with E-state index in [0.717, 1.165) is 12.0 Å². The molecule has 21 heavy (non-hydrogen) atoms. The Morgan fingerprint density at radius 2 is 2.00 bits per heavy atom. The first-order valence-corrected chi connectivity index (χ1v) is 7.35. The Morgan fingerprint density at radius 3 is 2.67 bits per heavy atom. The van der Waals surface area contributed by atoms with E-state index in [9.17, 15) is 4.39 Å². The number of nitrogens with two attached hydrogens (primary N) is 1. The van der Waals surface area contributed by atoms with Crippen LogP contribution in [0.4, 0.5) is 4.39 Å². The molecule has 0 aromatic heterocycles. The largest absolute Gasteiger partial charge is 0.457 e. The van der Waals surface area contributed by atoms with Gasteiger partial charge in [-0.3, -0.25) is 0 Å². The maximum atomic E-state index is 13.6. The lowest BCUT2D eigenvalue weighted by atomic mass is 10.0. The summed E-state index contributed by atoms with van der Waals surface area (Å²) in [5.41, 5.74) is 7.55. The maximum Gasteiger partial charge on any atom is 0.132 e. The van der Waals surface area contributed by atoms with Gasteiger partial charge < -0.3 is 10.5 Å². The lowest BCUT2D eigenvalue weighted by molar-refractivity contribution is 0.466. The lowest BCUT2D eigenvalue weighted by Crippen LogP contribution is -2.21. The standard InChI is InChI=1S/C17H19ClFNO/c1-3-14(20)8-12-5-6-13(18)9-17(12)21-15-7-4-11(2)16(19)10-15/h4-7,9-10,14H,3,8,20H2,1-2H3. The van der Waals surface area contributed by atoms with Crippen LogP contribution < -0.4 is 10.5 Å². The van der Waals surface area contributed by atoms with E-state index in [1.54, 1.807) is 25.1 Å². The van der Waals surface area contributed by atoms with E-state index in [1.165, 1.54) is 6.07 Å². The van der Waals surface area contributed by atoms with Crippen molar-refractivity contribution in [1.29, 1.82) is 0 Å². The summed E-state index contributed by atoms with van der Waals surface area (Å²) in [6, 6.07) is 10.3. The highest BCUT2D eigenvalue weighted by molar-refractivity contribution is 6.30. The van der Waals surface area contributed by atoms with E-state index >= 15 is 0 Å². The van der Waals surface area contributed by atoms with Gasteiger partial charge in [0.15, 0.2) is 0 Å². The Labute approximate surface area is 129 Å². The molecule has 1 atom stereocenters. The number of hydrogen-bond donors (Lipinski definition) is 1. The summed E-state index contributed by atoms with van der Waals surface area (Å²) in [4.78, 5) is 0. The number of ether oxygens (including phenoxy) is 1. The van der Waals surface area contributed by atoms with Crippen LogP contribution in [-0.2, 0) is 6.42 Å². The molecule has 0 aliphatic heterocycles. The second-order valence-electron chi connectivity index (χ2n) is 5.14. The normalized spacial score (nSPS) is 12.2. The van der Waals surface area contributed by atoms with Gasteiger partial charge in [-0.1, -0.05) is 30.7 Å². The minimum Gasteiger partial charge on any atom is -0.457 e. The van der Waals surface area contributed by atoms with E-state index in [1.807, 2.05) is 19.1 Å². The topological polar surface area (TPSA) is 35.2 Å². The summed E-state index contributed by atoms with van der Waals surface area (Å²) < 4.78 is 19.4.